The van der Waals surface area contributed by atoms with Gasteiger partial charge in [0.15, 0.2) is 5.78 Å². The molecule has 0 saturated carbocycles. The molecule has 0 fully saturated rings. The van der Waals surface area contributed by atoms with E-state index in [0.29, 0.717) is 16.8 Å². The highest BCUT2D eigenvalue weighted by atomic mass is 16.5. The predicted molar refractivity (Wildman–Crippen MR) is 152 cm³/mol. The number of nitrogens with one attached hydrogen (secondary N) is 2. The normalized spacial score (nSPS) is 14.8. The number of rotatable bonds is 6. The third-order valence-corrected chi connectivity index (χ3v) is 6.67. The topological polar surface area (TPSA) is 67.4 Å². The Labute approximate surface area is 223 Å². The Morgan fingerprint density at radius 1 is 0.842 bits per heavy atom. The van der Waals surface area contributed by atoms with E-state index in [2.05, 4.69) is 30.5 Å². The maximum atomic E-state index is 13.2. The van der Waals surface area contributed by atoms with Crippen LogP contribution in [0.2, 0.25) is 0 Å². The Morgan fingerprint density at radius 3 is 2.18 bits per heavy atom. The van der Waals surface area contributed by atoms with Crippen LogP contribution in [0, 0.1) is 0 Å². The van der Waals surface area contributed by atoms with Gasteiger partial charge in [-0.2, -0.15) is 0 Å². The van der Waals surface area contributed by atoms with Crippen LogP contribution in [-0.4, -0.2) is 24.3 Å². The van der Waals surface area contributed by atoms with Crippen molar-refractivity contribution in [1.82, 2.24) is 5.32 Å². The molecule has 1 aliphatic rings. The molecule has 0 spiro atoms. The van der Waals surface area contributed by atoms with Crippen molar-refractivity contribution in [2.75, 3.05) is 12.4 Å². The van der Waals surface area contributed by atoms with Gasteiger partial charge in [0, 0.05) is 39.7 Å². The van der Waals surface area contributed by atoms with Gasteiger partial charge in [-0.3, -0.25) is 9.59 Å². The number of hydrogen-bond acceptors (Lipinski definition) is 4. The lowest BCUT2D eigenvalue weighted by atomic mass is 9.85. The number of carbonyl (C=O) groups excluding carboxylic acids is 2. The summed E-state index contributed by atoms with van der Waals surface area (Å²) in [5, 5.41) is 6.41. The molecule has 38 heavy (non-hydrogen) atoms. The second-order valence-electron chi connectivity index (χ2n) is 10.1. The number of carbonyl (C=O) groups is 2. The van der Waals surface area contributed by atoms with Crippen molar-refractivity contribution in [3.63, 3.8) is 0 Å². The van der Waals surface area contributed by atoms with Crippen LogP contribution in [-0.2, 0) is 6.42 Å². The Morgan fingerprint density at radius 2 is 1.50 bits per heavy atom. The number of ketones is 1. The maximum absolute atomic E-state index is 13.2. The number of fused-ring (bicyclic) bond motifs is 1. The molecule has 0 radical (unpaired) electrons. The van der Waals surface area contributed by atoms with Crippen molar-refractivity contribution in [3.8, 4) is 16.9 Å². The highest BCUT2D eigenvalue weighted by Gasteiger charge is 2.28. The zero-order valence-electron chi connectivity index (χ0n) is 21.7. The number of allylic oxidation sites excluding steroid dienone is 1. The minimum absolute atomic E-state index is 0.117. The second-order valence-corrected chi connectivity index (χ2v) is 10.1. The summed E-state index contributed by atoms with van der Waals surface area (Å²) in [5.41, 5.74) is 6.62. The van der Waals surface area contributed by atoms with Crippen LogP contribution in [0.5, 0.6) is 5.75 Å². The van der Waals surface area contributed by atoms with Gasteiger partial charge in [-0.05, 0) is 85.5 Å². The van der Waals surface area contributed by atoms with Crippen LogP contribution in [0.3, 0.4) is 0 Å². The van der Waals surface area contributed by atoms with Gasteiger partial charge in [-0.25, -0.2) is 0 Å². The molecule has 0 unspecified atom stereocenters. The summed E-state index contributed by atoms with van der Waals surface area (Å²) in [5.74, 6) is 0.428. The number of methoxy groups -OCH3 is 1. The fourth-order valence-corrected chi connectivity index (χ4v) is 4.73. The Bertz CT molecular complexity index is 1500. The van der Waals surface area contributed by atoms with E-state index in [4.69, 9.17) is 4.74 Å². The summed E-state index contributed by atoms with van der Waals surface area (Å²) in [6.07, 6.45) is 2.49. The van der Waals surface area contributed by atoms with Gasteiger partial charge in [0.05, 0.1) is 7.11 Å². The van der Waals surface area contributed by atoms with Crippen molar-refractivity contribution in [1.29, 1.82) is 0 Å². The van der Waals surface area contributed by atoms with E-state index in [1.807, 2.05) is 66.7 Å². The van der Waals surface area contributed by atoms with Crippen molar-refractivity contribution < 1.29 is 14.3 Å². The van der Waals surface area contributed by atoms with Crippen LogP contribution in [0.25, 0.3) is 16.8 Å². The summed E-state index contributed by atoms with van der Waals surface area (Å²) in [6.45, 7) is 4.23. The van der Waals surface area contributed by atoms with Crippen LogP contribution in [0.1, 0.15) is 45.7 Å². The first-order valence-corrected chi connectivity index (χ1v) is 12.6. The van der Waals surface area contributed by atoms with Crippen molar-refractivity contribution in [3.05, 3.63) is 125 Å². The summed E-state index contributed by atoms with van der Waals surface area (Å²) < 4.78 is 5.40. The lowest BCUT2D eigenvalue weighted by Gasteiger charge is -2.35. The molecule has 0 aromatic heterocycles. The molecule has 4 aromatic rings. The third kappa shape index (κ3) is 5.52. The highest BCUT2D eigenvalue weighted by Crippen LogP contribution is 2.32. The molecule has 1 amide bonds. The summed E-state index contributed by atoms with van der Waals surface area (Å²) >= 11 is 0. The average molecular weight is 503 g/mol. The molecule has 5 rings (SSSR count). The Balaban J connectivity index is 1.29. The molecule has 2 N–H and O–H groups in total. The number of anilines is 1. The summed E-state index contributed by atoms with van der Waals surface area (Å²) in [4.78, 5) is 25.9. The van der Waals surface area contributed by atoms with Gasteiger partial charge in [0.25, 0.3) is 5.91 Å². The molecule has 4 aromatic carbocycles. The van der Waals surface area contributed by atoms with E-state index in [9.17, 15) is 9.59 Å². The monoisotopic (exact) mass is 502 g/mol. The zero-order valence-corrected chi connectivity index (χ0v) is 21.7. The van der Waals surface area contributed by atoms with Crippen LogP contribution in [0.15, 0.2) is 103 Å². The maximum Gasteiger partial charge on any atom is 0.255 e. The van der Waals surface area contributed by atoms with Crippen molar-refractivity contribution in [2.24, 2.45) is 0 Å². The van der Waals surface area contributed by atoms with Gasteiger partial charge < -0.3 is 15.4 Å². The second kappa shape index (κ2) is 10.4. The van der Waals surface area contributed by atoms with E-state index < -0.39 is 0 Å². The van der Waals surface area contributed by atoms with E-state index in [-0.39, 0.29) is 17.2 Å². The highest BCUT2D eigenvalue weighted by molar-refractivity contribution is 6.09. The largest absolute Gasteiger partial charge is 0.497 e. The van der Waals surface area contributed by atoms with Gasteiger partial charge in [-0.1, -0.05) is 48.5 Å². The Kier molecular flexibility index (Phi) is 6.84. The fraction of sp³-hybridized carbons (Fsp3) is 0.152. The van der Waals surface area contributed by atoms with E-state index in [0.717, 1.165) is 34.6 Å². The van der Waals surface area contributed by atoms with E-state index >= 15 is 0 Å². The quantitative estimate of drug-likeness (QED) is 0.226. The van der Waals surface area contributed by atoms with Crippen LogP contribution in [0.4, 0.5) is 5.69 Å². The summed E-state index contributed by atoms with van der Waals surface area (Å²) in [6, 6.07) is 30.5. The minimum atomic E-state index is -0.204. The number of ether oxygens (including phenoxy) is 1. The van der Waals surface area contributed by atoms with E-state index in [1.54, 1.807) is 37.5 Å². The molecule has 1 heterocycles. The summed E-state index contributed by atoms with van der Waals surface area (Å²) in [7, 11) is 1.64. The van der Waals surface area contributed by atoms with Crippen LogP contribution < -0.4 is 15.4 Å². The van der Waals surface area contributed by atoms with Gasteiger partial charge in [-0.15, -0.1) is 0 Å². The first kappa shape index (κ1) is 25.0. The molecule has 5 heteroatoms. The SMILES string of the molecule is COc1ccc2c(c1)/C(=C/C(=O)c1ccc(NC(=O)c3ccc(-c4ccccc4)cc3)cc1)NC(C)(C)C2. The average Bonchev–Trinajstić information content (AvgIpc) is 2.93. The van der Waals surface area contributed by atoms with Gasteiger partial charge in [0.1, 0.15) is 5.75 Å². The van der Waals surface area contributed by atoms with E-state index in [1.165, 1.54) is 5.56 Å². The molecule has 5 nitrogen and oxygen atoms in total. The molecule has 0 aliphatic carbocycles. The third-order valence-electron chi connectivity index (χ3n) is 6.67. The molecular formula is C33H30N2O3. The lowest BCUT2D eigenvalue weighted by Crippen LogP contribution is -2.43. The standard InChI is InChI=1S/C33H30N2O3/c1-33(2)21-26-15-18-28(38-3)19-29(26)30(35-33)20-31(36)24-13-16-27(17-14-24)34-32(37)25-11-9-23(10-12-25)22-7-5-4-6-8-22/h4-20,35H,21H2,1-3H3,(H,34,37)/b30-20-. The van der Waals surface area contributed by atoms with Crippen molar-refractivity contribution in [2.45, 2.75) is 25.8 Å². The smallest absolute Gasteiger partial charge is 0.255 e. The molecule has 0 saturated heterocycles. The minimum Gasteiger partial charge on any atom is -0.497 e. The number of benzene rings is 4. The molecular weight excluding hydrogens is 472 g/mol. The van der Waals surface area contributed by atoms with Gasteiger partial charge >= 0.3 is 0 Å². The number of hydrogen-bond donors (Lipinski definition) is 2. The molecule has 190 valence electrons. The molecule has 1 aliphatic heterocycles. The first-order valence-electron chi connectivity index (χ1n) is 12.6. The van der Waals surface area contributed by atoms with Gasteiger partial charge in [0.2, 0.25) is 0 Å². The zero-order chi connectivity index (χ0) is 26.7. The number of amides is 1. The first-order chi connectivity index (χ1) is 18.3. The lowest BCUT2D eigenvalue weighted by molar-refractivity contribution is 0.102. The predicted octanol–water partition coefficient (Wildman–Crippen LogP) is 6.76. The fourth-order valence-electron chi connectivity index (χ4n) is 4.73. The molecule has 0 atom stereocenters. The Hall–Kier alpha value is -4.64. The van der Waals surface area contributed by atoms with Crippen LogP contribution >= 0.6 is 0 Å². The van der Waals surface area contributed by atoms with Crippen molar-refractivity contribution >= 4 is 23.1 Å². The molecule has 0 bridgehead atoms.